The molecule has 0 unspecified atom stereocenters. The van der Waals surface area contributed by atoms with Gasteiger partial charge in [-0.15, -0.1) is 0 Å². The quantitative estimate of drug-likeness (QED) is 0.679. The Morgan fingerprint density at radius 1 is 0.963 bits per heavy atom. The molecule has 144 valence electrons. The topological polar surface area (TPSA) is 73.9 Å². The maximum atomic E-state index is 12.0. The number of carbonyl (C=O) groups is 2. The standard InChI is InChI=1S/C21H25NO5/c1-4-25-19-8-6-5-7-18(19)22-20(23)13-27-21(24)14-26-17-11-9-16(10-12-17)15(2)3/h5-12,15H,4,13-14H2,1-3H3,(H,22,23). The first-order valence-corrected chi connectivity index (χ1v) is 8.89. The van der Waals surface area contributed by atoms with Crippen LogP contribution < -0.4 is 14.8 Å². The second-order valence-electron chi connectivity index (χ2n) is 6.15. The lowest BCUT2D eigenvalue weighted by Gasteiger charge is -2.11. The van der Waals surface area contributed by atoms with Crippen LogP contribution in [0.25, 0.3) is 0 Å². The van der Waals surface area contributed by atoms with Crippen LogP contribution in [0.5, 0.6) is 11.5 Å². The molecule has 2 aromatic rings. The van der Waals surface area contributed by atoms with Crippen LogP contribution in [0.15, 0.2) is 48.5 Å². The van der Waals surface area contributed by atoms with Gasteiger partial charge in [-0.05, 0) is 42.7 Å². The van der Waals surface area contributed by atoms with E-state index in [1.807, 2.05) is 25.1 Å². The number of nitrogens with one attached hydrogen (secondary N) is 1. The average molecular weight is 371 g/mol. The summed E-state index contributed by atoms with van der Waals surface area (Å²) in [5, 5.41) is 2.66. The van der Waals surface area contributed by atoms with Gasteiger partial charge in [-0.2, -0.15) is 0 Å². The highest BCUT2D eigenvalue weighted by Gasteiger charge is 2.11. The number of ether oxygens (including phenoxy) is 3. The summed E-state index contributed by atoms with van der Waals surface area (Å²) in [5.41, 5.74) is 1.72. The molecule has 1 amide bonds. The van der Waals surface area contributed by atoms with Gasteiger partial charge in [0.1, 0.15) is 11.5 Å². The fourth-order valence-electron chi connectivity index (χ4n) is 2.32. The van der Waals surface area contributed by atoms with E-state index >= 15 is 0 Å². The van der Waals surface area contributed by atoms with Gasteiger partial charge in [0.2, 0.25) is 0 Å². The van der Waals surface area contributed by atoms with Gasteiger partial charge in [-0.25, -0.2) is 4.79 Å². The third kappa shape index (κ3) is 6.66. The molecule has 0 heterocycles. The molecule has 2 aromatic carbocycles. The van der Waals surface area contributed by atoms with Gasteiger partial charge in [0.15, 0.2) is 13.2 Å². The molecule has 0 saturated heterocycles. The van der Waals surface area contributed by atoms with Gasteiger partial charge < -0.3 is 19.5 Å². The van der Waals surface area contributed by atoms with Crippen molar-refractivity contribution in [1.82, 2.24) is 0 Å². The first-order chi connectivity index (χ1) is 13.0. The first-order valence-electron chi connectivity index (χ1n) is 8.89. The molecule has 0 fully saturated rings. The Kier molecular flexibility index (Phi) is 7.67. The number of esters is 1. The molecule has 0 saturated carbocycles. The number of hydrogen-bond donors (Lipinski definition) is 1. The summed E-state index contributed by atoms with van der Waals surface area (Å²) in [5.74, 6) is 0.502. The predicted octanol–water partition coefficient (Wildman–Crippen LogP) is 3.77. The largest absolute Gasteiger partial charge is 0.492 e. The van der Waals surface area contributed by atoms with Crippen molar-refractivity contribution in [2.24, 2.45) is 0 Å². The minimum atomic E-state index is -0.615. The van der Waals surface area contributed by atoms with Crippen molar-refractivity contribution in [2.45, 2.75) is 26.7 Å². The Balaban J connectivity index is 1.76. The van der Waals surface area contributed by atoms with Gasteiger partial charge in [0, 0.05) is 0 Å². The lowest BCUT2D eigenvalue weighted by Crippen LogP contribution is -2.23. The van der Waals surface area contributed by atoms with Crippen molar-refractivity contribution < 1.29 is 23.8 Å². The highest BCUT2D eigenvalue weighted by Crippen LogP contribution is 2.23. The summed E-state index contributed by atoms with van der Waals surface area (Å²) in [7, 11) is 0. The molecular weight excluding hydrogens is 346 g/mol. The molecule has 6 heteroatoms. The number of benzene rings is 2. The Morgan fingerprint density at radius 2 is 1.67 bits per heavy atom. The smallest absolute Gasteiger partial charge is 0.344 e. The number of anilines is 1. The van der Waals surface area contributed by atoms with Crippen LogP contribution >= 0.6 is 0 Å². The van der Waals surface area contributed by atoms with Gasteiger partial charge in [0.05, 0.1) is 12.3 Å². The minimum Gasteiger partial charge on any atom is -0.492 e. The molecule has 1 N–H and O–H groups in total. The SMILES string of the molecule is CCOc1ccccc1NC(=O)COC(=O)COc1ccc(C(C)C)cc1. The second-order valence-corrected chi connectivity index (χ2v) is 6.15. The number of rotatable bonds is 9. The van der Waals surface area contributed by atoms with Crippen molar-refractivity contribution >= 4 is 17.6 Å². The van der Waals surface area contributed by atoms with E-state index in [0.29, 0.717) is 29.7 Å². The van der Waals surface area contributed by atoms with Gasteiger partial charge >= 0.3 is 5.97 Å². The van der Waals surface area contributed by atoms with Crippen LogP contribution in [-0.4, -0.2) is 31.7 Å². The highest BCUT2D eigenvalue weighted by molar-refractivity contribution is 5.94. The molecular formula is C21H25NO5. The normalized spacial score (nSPS) is 10.4. The summed E-state index contributed by atoms with van der Waals surface area (Å²) >= 11 is 0. The van der Waals surface area contributed by atoms with Crippen molar-refractivity contribution in [1.29, 1.82) is 0 Å². The van der Waals surface area contributed by atoms with Gasteiger partial charge in [-0.1, -0.05) is 38.1 Å². The van der Waals surface area contributed by atoms with Crippen molar-refractivity contribution in [3.63, 3.8) is 0 Å². The molecule has 0 aliphatic carbocycles. The predicted molar refractivity (Wildman–Crippen MR) is 103 cm³/mol. The fraction of sp³-hybridized carbons (Fsp3) is 0.333. The summed E-state index contributed by atoms with van der Waals surface area (Å²) in [6.07, 6.45) is 0. The van der Waals surface area contributed by atoms with Crippen molar-refractivity contribution in [2.75, 3.05) is 25.1 Å². The van der Waals surface area contributed by atoms with E-state index in [1.54, 1.807) is 30.3 Å². The van der Waals surface area contributed by atoms with Crippen LogP contribution in [0.1, 0.15) is 32.3 Å². The lowest BCUT2D eigenvalue weighted by molar-refractivity contribution is -0.149. The van der Waals surface area contributed by atoms with E-state index in [9.17, 15) is 9.59 Å². The third-order valence-corrected chi connectivity index (χ3v) is 3.73. The van der Waals surface area contributed by atoms with Crippen LogP contribution in [0.3, 0.4) is 0 Å². The van der Waals surface area contributed by atoms with Crippen LogP contribution in [0.4, 0.5) is 5.69 Å². The Morgan fingerprint density at radius 3 is 2.33 bits per heavy atom. The van der Waals surface area contributed by atoms with E-state index in [1.165, 1.54) is 5.56 Å². The molecule has 0 atom stereocenters. The van der Waals surface area contributed by atoms with E-state index in [-0.39, 0.29) is 6.61 Å². The van der Waals surface area contributed by atoms with E-state index in [0.717, 1.165) is 0 Å². The van der Waals surface area contributed by atoms with E-state index in [2.05, 4.69) is 19.2 Å². The minimum absolute atomic E-state index is 0.260. The summed E-state index contributed by atoms with van der Waals surface area (Å²) in [6, 6.07) is 14.6. The molecule has 0 bridgehead atoms. The summed E-state index contributed by atoms with van der Waals surface area (Å²) in [6.45, 7) is 5.89. The van der Waals surface area contributed by atoms with Crippen LogP contribution in [0.2, 0.25) is 0 Å². The zero-order chi connectivity index (χ0) is 19.6. The number of para-hydroxylation sites is 2. The second kappa shape index (κ2) is 10.2. The van der Waals surface area contributed by atoms with Crippen LogP contribution in [0, 0.1) is 0 Å². The molecule has 0 aliphatic heterocycles. The highest BCUT2D eigenvalue weighted by atomic mass is 16.6. The summed E-state index contributed by atoms with van der Waals surface area (Å²) < 4.78 is 15.8. The molecule has 27 heavy (non-hydrogen) atoms. The molecule has 0 radical (unpaired) electrons. The Bertz CT molecular complexity index is 755. The van der Waals surface area contributed by atoms with Gasteiger partial charge in [0.25, 0.3) is 5.91 Å². The maximum absolute atomic E-state index is 12.0. The Hall–Kier alpha value is -3.02. The van der Waals surface area contributed by atoms with Crippen LogP contribution in [-0.2, 0) is 14.3 Å². The first kappa shape index (κ1) is 20.3. The fourth-order valence-corrected chi connectivity index (χ4v) is 2.32. The molecule has 2 rings (SSSR count). The van der Waals surface area contributed by atoms with Gasteiger partial charge in [-0.3, -0.25) is 4.79 Å². The monoisotopic (exact) mass is 371 g/mol. The average Bonchev–Trinajstić information content (AvgIpc) is 2.67. The van der Waals surface area contributed by atoms with Crippen molar-refractivity contribution in [3.05, 3.63) is 54.1 Å². The van der Waals surface area contributed by atoms with E-state index in [4.69, 9.17) is 14.2 Å². The number of amides is 1. The zero-order valence-corrected chi connectivity index (χ0v) is 15.9. The maximum Gasteiger partial charge on any atom is 0.344 e. The molecule has 6 nitrogen and oxygen atoms in total. The lowest BCUT2D eigenvalue weighted by atomic mass is 10.0. The molecule has 0 aliphatic rings. The van der Waals surface area contributed by atoms with Crippen molar-refractivity contribution in [3.8, 4) is 11.5 Å². The molecule has 0 aromatic heterocycles. The number of carbonyl (C=O) groups excluding carboxylic acids is 2. The Labute approximate surface area is 159 Å². The van der Waals surface area contributed by atoms with E-state index < -0.39 is 18.5 Å². The summed E-state index contributed by atoms with van der Waals surface area (Å²) in [4.78, 5) is 23.7. The zero-order valence-electron chi connectivity index (χ0n) is 15.9. The number of hydrogen-bond acceptors (Lipinski definition) is 5. The third-order valence-electron chi connectivity index (χ3n) is 3.73. The molecule has 0 spiro atoms.